The number of Topliss-reactive ketones (excluding diaryl/α,β-unsaturated/α-hetero) is 1. The number of ether oxygens (including phenoxy) is 1. The van der Waals surface area contributed by atoms with Crippen molar-refractivity contribution in [3.63, 3.8) is 0 Å². The number of β-lactam (4-membered cyclic amide) rings is 3. The number of amides is 3. The summed E-state index contributed by atoms with van der Waals surface area (Å²) in [6, 6.07) is 0. The van der Waals surface area contributed by atoms with E-state index in [9.17, 15) is 19.2 Å². The van der Waals surface area contributed by atoms with Crippen molar-refractivity contribution in [3.05, 3.63) is 28.1 Å². The zero-order valence-corrected chi connectivity index (χ0v) is 48.0. The Morgan fingerprint density at radius 3 is 1.29 bits per heavy atom. The van der Waals surface area contributed by atoms with Crippen molar-refractivity contribution in [2.75, 3.05) is 6.61 Å². The fourth-order valence-electron chi connectivity index (χ4n) is 9.54. The Kier molecular flexibility index (Phi) is 22.2. The molecule has 267 valence electrons. The first kappa shape index (κ1) is 54.3. The molecule has 3 radical (unpaired) electrons. The number of carbonyl (C=O) groups is 4. The van der Waals surface area contributed by atoms with Gasteiger partial charge in [-0.05, 0) is 67.6 Å². The van der Waals surface area contributed by atoms with Crippen LogP contribution in [0.1, 0.15) is 101 Å². The fourth-order valence-corrected chi connectivity index (χ4v) is 9.54. The number of allylic oxidation sites excluding steroid dienone is 1. The summed E-state index contributed by atoms with van der Waals surface area (Å²) in [5.41, 5.74) is 1.17. The maximum atomic E-state index is 11.6. The predicted molar refractivity (Wildman–Crippen MR) is 166 cm³/mol. The Labute approximate surface area is 413 Å². The molecule has 7 rings (SSSR count). The van der Waals surface area contributed by atoms with E-state index >= 15 is 0 Å². The Balaban J connectivity index is 0. The first-order chi connectivity index (χ1) is 19.9. The molecule has 4 spiro atoms. The molecule has 0 aromatic carbocycles. The van der Waals surface area contributed by atoms with Crippen LogP contribution in [0.2, 0.25) is 0 Å². The van der Waals surface area contributed by atoms with Crippen LogP contribution in [0.4, 0.5) is 0 Å². The molecule has 6 unspecified atom stereocenters. The van der Waals surface area contributed by atoms with Crippen molar-refractivity contribution in [2.45, 2.75) is 123 Å². The van der Waals surface area contributed by atoms with Crippen LogP contribution < -0.4 is 0 Å². The second kappa shape index (κ2) is 20.0. The van der Waals surface area contributed by atoms with Gasteiger partial charge in [0.1, 0.15) is 5.78 Å². The molecule has 4 saturated heterocycles. The van der Waals surface area contributed by atoms with Gasteiger partial charge >= 0.3 is 0 Å². The first-order valence-electron chi connectivity index (χ1n) is 16.6. The third-order valence-electron chi connectivity index (χ3n) is 13.7. The molecule has 3 amide bonds. The van der Waals surface area contributed by atoms with E-state index in [-0.39, 0.29) is 219 Å². The van der Waals surface area contributed by atoms with Crippen LogP contribution in [0.5, 0.6) is 0 Å². The van der Waals surface area contributed by atoms with Crippen LogP contribution in [0.25, 0.3) is 16.0 Å². The first-order valence-corrected chi connectivity index (χ1v) is 16.6. The van der Waals surface area contributed by atoms with Crippen molar-refractivity contribution in [2.24, 2.45) is 53.3 Å². The van der Waals surface area contributed by atoms with Crippen LogP contribution in [0, 0.1) is 53.3 Å². The Morgan fingerprint density at radius 2 is 0.918 bits per heavy atom. The van der Waals surface area contributed by atoms with E-state index in [0.29, 0.717) is 67.0 Å². The molecule has 13 atom stereocenters. The Hall–Kier alpha value is 3.16. The second-order valence-electron chi connectivity index (χ2n) is 15.5. The van der Waals surface area contributed by atoms with Crippen molar-refractivity contribution >= 4 is 23.5 Å². The van der Waals surface area contributed by atoms with Gasteiger partial charge in [-0.15, -0.1) is 0 Å². The molecule has 3 saturated carbocycles. The summed E-state index contributed by atoms with van der Waals surface area (Å²) in [4.78, 5) is 44.8. The van der Waals surface area contributed by atoms with Gasteiger partial charge in [0, 0.05) is 174 Å². The summed E-state index contributed by atoms with van der Waals surface area (Å²) < 4.78 is 5.65. The van der Waals surface area contributed by atoms with E-state index < -0.39 is 0 Å². The summed E-state index contributed by atoms with van der Waals surface area (Å²) in [7, 11) is 0. The van der Waals surface area contributed by atoms with Crippen LogP contribution in [0.3, 0.4) is 0 Å². The minimum Gasteiger partial charge on any atom is -0.647 e. The van der Waals surface area contributed by atoms with Gasteiger partial charge in [-0.1, -0.05) is 103 Å². The van der Waals surface area contributed by atoms with E-state index in [1.807, 2.05) is 20.8 Å². The minimum atomic E-state index is -0.204. The third kappa shape index (κ3) is 9.65. The topological polar surface area (TPSA) is 123 Å². The standard InChI is InChI=1S/C12H19NO2.C12H19NO.C11H17NO2.3W.3Y/c1-7-4-11(6-15-11)8(2)9(3)12(7)5-10(14)13-12;1-7-5-8(2)12(6-11(14)13-12)10(4)9(7)3;1-6-4-9(13)7(2)8(3)11(6)5-10(14)12-11;;;;;;/h7-9H,4-6H2,1-3H3,(H,13,14);8-10H,1,5-6H2,2-4H3,(H,13,14);6-8H,4-5H2,1-3H3,(H,12,14);;;;;;/p-3/t7?,8-,9+,11-,12?;8?,9-,10-,12?;6?,7-,8+,11?;;;;;;/m010....../s1. The molecule has 4 heterocycles. The predicted octanol–water partition coefficient (Wildman–Crippen LogP) is 6.90. The molecule has 7 fully saturated rings. The van der Waals surface area contributed by atoms with E-state index in [4.69, 9.17) is 4.74 Å². The Bertz CT molecular complexity index is 1150. The molecule has 0 aromatic heterocycles. The summed E-state index contributed by atoms with van der Waals surface area (Å²) >= 11 is 0. The maximum Gasteiger partial charge on any atom is 0.136 e. The van der Waals surface area contributed by atoms with Crippen LogP contribution in [-0.4, -0.2) is 52.3 Å². The number of hydrogen-bond donors (Lipinski definition) is 0. The van der Waals surface area contributed by atoms with Gasteiger partial charge in [-0.2, -0.15) is 0 Å². The minimum absolute atomic E-state index is 0. The van der Waals surface area contributed by atoms with Gasteiger partial charge in [-0.3, -0.25) is 4.79 Å². The third-order valence-corrected chi connectivity index (χ3v) is 13.7. The zero-order chi connectivity index (χ0) is 31.9. The van der Waals surface area contributed by atoms with Crippen molar-refractivity contribution in [3.8, 4) is 0 Å². The van der Waals surface area contributed by atoms with Crippen LogP contribution in [0.15, 0.2) is 12.2 Å². The SMILES string of the molecule is C=C1CC(C)C2(CC(=O)[N-]2)[C@H](C)[C@@H]1C.CC1CC(=O)[C@@H](C)[C@@H](C)C12CC(=O)[N-]2.CC1C[C@]2(CO2)[C@@H](C)[C@@H](C)C12CC(=O)[N-]2.[W].[W].[W].[Y].[Y].[Y]. The fraction of sp³-hybridized carbons (Fsp3) is 0.829. The monoisotopic (exact) mass is 1410 g/mol. The molecule has 0 bridgehead atoms. The second-order valence-corrected chi connectivity index (χ2v) is 15.5. The average molecular weight is 1410 g/mol. The van der Waals surface area contributed by atoms with Gasteiger partial charge in [-0.25, -0.2) is 0 Å². The van der Waals surface area contributed by atoms with Crippen LogP contribution >= 0.6 is 0 Å². The quantitative estimate of drug-likeness (QED) is 0.149. The van der Waals surface area contributed by atoms with Gasteiger partial charge in [0.05, 0.1) is 29.9 Å². The number of hydrogen-bond acceptors (Lipinski definition) is 5. The number of nitrogens with zero attached hydrogens (tertiary/aromatic N) is 3. The molecule has 3 aliphatic carbocycles. The molecule has 49 heavy (non-hydrogen) atoms. The van der Waals surface area contributed by atoms with Crippen molar-refractivity contribution in [1.29, 1.82) is 0 Å². The number of epoxide rings is 1. The average Bonchev–Trinajstić information content (AvgIpc) is 3.67. The molecule has 0 aromatic rings. The Morgan fingerprint density at radius 1 is 0.571 bits per heavy atom. The molecule has 7 aliphatic rings. The maximum absolute atomic E-state index is 11.6. The van der Waals surface area contributed by atoms with Gasteiger partial charge in [0.2, 0.25) is 0 Å². The molecule has 14 heteroatoms. The molecular formula is C35H52N3O5W3Y3-3. The summed E-state index contributed by atoms with van der Waals surface area (Å²) in [5, 5.41) is 12.8. The number of carbonyl (C=O) groups excluding carboxylic acids is 4. The number of rotatable bonds is 0. The normalized spacial score (nSPS) is 44.8. The molecule has 0 N–H and O–H groups in total. The number of ketones is 1. The van der Waals surface area contributed by atoms with Crippen molar-refractivity contribution in [1.82, 2.24) is 0 Å². The van der Waals surface area contributed by atoms with Crippen LogP contribution in [-0.2, 0) is 185 Å². The molecular weight excluding hydrogens is 1360 g/mol. The zero-order valence-electron chi connectivity index (χ0n) is 30.7. The van der Waals surface area contributed by atoms with Gasteiger partial charge in [0.25, 0.3) is 0 Å². The largest absolute Gasteiger partial charge is 0.647 e. The van der Waals surface area contributed by atoms with Gasteiger partial charge in [0.15, 0.2) is 0 Å². The summed E-state index contributed by atoms with van der Waals surface area (Å²) in [6.07, 6.45) is 4.57. The summed E-state index contributed by atoms with van der Waals surface area (Å²) in [5.74, 6) is 3.97. The molecule has 8 nitrogen and oxygen atoms in total. The molecule has 4 aliphatic heterocycles. The van der Waals surface area contributed by atoms with E-state index in [1.165, 1.54) is 5.57 Å². The van der Waals surface area contributed by atoms with Gasteiger partial charge < -0.3 is 35.1 Å². The van der Waals surface area contributed by atoms with E-state index in [1.54, 1.807) is 0 Å². The summed E-state index contributed by atoms with van der Waals surface area (Å²) in [6.45, 7) is 24.4. The smallest absolute Gasteiger partial charge is 0.136 e. The van der Waals surface area contributed by atoms with E-state index in [0.717, 1.165) is 19.4 Å². The van der Waals surface area contributed by atoms with E-state index in [2.05, 4.69) is 64.1 Å². The van der Waals surface area contributed by atoms with Crippen molar-refractivity contribution < 1.29 is 185 Å².